The van der Waals surface area contributed by atoms with Crippen molar-refractivity contribution < 1.29 is 0 Å². The van der Waals surface area contributed by atoms with E-state index in [1.165, 1.54) is 34.0 Å². The zero-order valence-corrected chi connectivity index (χ0v) is 12.2. The van der Waals surface area contributed by atoms with Crippen LogP contribution in [-0.4, -0.2) is 12.6 Å². The molecule has 0 atom stereocenters. The van der Waals surface area contributed by atoms with Crippen molar-refractivity contribution in [3.05, 3.63) is 39.4 Å². The molecule has 1 N–H and O–H groups in total. The summed E-state index contributed by atoms with van der Waals surface area (Å²) >= 11 is 3.54. The van der Waals surface area contributed by atoms with Crippen molar-refractivity contribution in [3.8, 4) is 0 Å². The molecule has 0 bridgehead atoms. The molecule has 0 aromatic heterocycles. The molecular weight excluding hydrogens is 274 g/mol. The van der Waals surface area contributed by atoms with Gasteiger partial charge in [-0.05, 0) is 43.4 Å². The van der Waals surface area contributed by atoms with E-state index in [9.17, 15) is 0 Å². The summed E-state index contributed by atoms with van der Waals surface area (Å²) in [7, 11) is 0. The highest BCUT2D eigenvalue weighted by molar-refractivity contribution is 9.10. The topological polar surface area (TPSA) is 12.0 Å². The Hall–Kier alpha value is -0.600. The number of aryl methyl sites for hydroxylation is 1. The minimum atomic E-state index is 0.789. The van der Waals surface area contributed by atoms with Crippen molar-refractivity contribution in [2.45, 2.75) is 39.2 Å². The molecule has 2 rings (SSSR count). The first kappa shape index (κ1) is 12.8. The number of benzene rings is 1. The molecule has 0 amide bonds. The second-order valence-corrected chi connectivity index (χ2v) is 5.67. The molecule has 1 aliphatic carbocycles. The van der Waals surface area contributed by atoms with Crippen molar-refractivity contribution in [1.82, 2.24) is 5.32 Å². The second kappa shape index (κ2) is 5.83. The fourth-order valence-electron chi connectivity index (χ4n) is 1.83. The van der Waals surface area contributed by atoms with E-state index in [0.29, 0.717) is 0 Å². The summed E-state index contributed by atoms with van der Waals surface area (Å²) in [5.74, 6) is 0. The quantitative estimate of drug-likeness (QED) is 0.853. The first-order valence-electron chi connectivity index (χ1n) is 6.38. The first-order valence-corrected chi connectivity index (χ1v) is 7.17. The van der Waals surface area contributed by atoms with Crippen molar-refractivity contribution in [2.75, 3.05) is 6.54 Å². The second-order valence-electron chi connectivity index (χ2n) is 4.82. The predicted octanol–water partition coefficient (Wildman–Crippen LogP) is 4.30. The fraction of sp³-hybridized carbons (Fsp3) is 0.467. The Labute approximate surface area is 112 Å². The molecule has 0 saturated heterocycles. The lowest BCUT2D eigenvalue weighted by Crippen LogP contribution is -2.18. The Balaban J connectivity index is 2.04. The third kappa shape index (κ3) is 3.97. The summed E-state index contributed by atoms with van der Waals surface area (Å²) < 4.78 is 1.18. The molecule has 0 aliphatic heterocycles. The molecule has 1 aromatic carbocycles. The number of hydrogen-bond donors (Lipinski definition) is 1. The van der Waals surface area contributed by atoms with Gasteiger partial charge < -0.3 is 5.32 Å². The van der Waals surface area contributed by atoms with E-state index in [1.54, 1.807) is 0 Å². The van der Waals surface area contributed by atoms with Gasteiger partial charge in [0.1, 0.15) is 0 Å². The zero-order chi connectivity index (χ0) is 12.3. The van der Waals surface area contributed by atoms with E-state index in [0.717, 1.165) is 19.0 Å². The van der Waals surface area contributed by atoms with Gasteiger partial charge in [0.25, 0.3) is 0 Å². The van der Waals surface area contributed by atoms with Gasteiger partial charge in [0.05, 0.1) is 0 Å². The summed E-state index contributed by atoms with van der Waals surface area (Å²) in [6.45, 7) is 5.40. The fourth-order valence-corrected chi connectivity index (χ4v) is 2.08. The highest BCUT2D eigenvalue weighted by Gasteiger charge is 2.19. The maximum atomic E-state index is 3.58. The molecule has 1 aromatic rings. The van der Waals surface area contributed by atoms with E-state index in [-0.39, 0.29) is 0 Å². The third-order valence-electron chi connectivity index (χ3n) is 3.20. The predicted molar refractivity (Wildman–Crippen MR) is 78.2 cm³/mol. The van der Waals surface area contributed by atoms with Gasteiger partial charge in [0.15, 0.2) is 0 Å². The van der Waals surface area contributed by atoms with Gasteiger partial charge in [-0.2, -0.15) is 0 Å². The average molecular weight is 294 g/mol. The van der Waals surface area contributed by atoms with E-state index in [2.05, 4.69) is 59.4 Å². The van der Waals surface area contributed by atoms with E-state index in [4.69, 9.17) is 0 Å². The third-order valence-corrected chi connectivity index (χ3v) is 4.09. The van der Waals surface area contributed by atoms with Crippen LogP contribution in [0, 0.1) is 6.92 Å². The lowest BCUT2D eigenvalue weighted by atomic mass is 10.1. The SMILES string of the molecule is CCC(=Cc1ccc(Br)c(C)c1)CNC1CC1. The minimum absolute atomic E-state index is 0.789. The molecule has 92 valence electrons. The number of halogens is 1. The van der Waals surface area contributed by atoms with Gasteiger partial charge in [-0.3, -0.25) is 0 Å². The van der Waals surface area contributed by atoms with Crippen molar-refractivity contribution >= 4 is 22.0 Å². The smallest absolute Gasteiger partial charge is 0.0204 e. The molecule has 0 heterocycles. The van der Waals surface area contributed by atoms with Crippen molar-refractivity contribution in [2.24, 2.45) is 0 Å². The number of hydrogen-bond acceptors (Lipinski definition) is 1. The van der Waals surface area contributed by atoms with Crippen LogP contribution in [0.25, 0.3) is 6.08 Å². The maximum absolute atomic E-state index is 3.58. The molecule has 1 aliphatic rings. The Morgan fingerprint density at radius 1 is 1.47 bits per heavy atom. The standard InChI is InChI=1S/C15H20BrN/c1-3-12(10-17-14-5-6-14)9-13-4-7-15(16)11(2)8-13/h4,7-9,14,17H,3,5-6,10H2,1-2H3. The lowest BCUT2D eigenvalue weighted by Gasteiger charge is -2.07. The van der Waals surface area contributed by atoms with Crippen LogP contribution in [0.15, 0.2) is 28.2 Å². The van der Waals surface area contributed by atoms with E-state index < -0.39 is 0 Å². The molecule has 2 heteroatoms. The van der Waals surface area contributed by atoms with Gasteiger partial charge >= 0.3 is 0 Å². The monoisotopic (exact) mass is 293 g/mol. The summed E-state index contributed by atoms with van der Waals surface area (Å²) in [6, 6.07) is 7.32. The average Bonchev–Trinajstić information content (AvgIpc) is 3.13. The largest absolute Gasteiger partial charge is 0.310 e. The number of rotatable bonds is 5. The van der Waals surface area contributed by atoms with Crippen LogP contribution in [0.5, 0.6) is 0 Å². The first-order chi connectivity index (χ1) is 8.19. The summed E-state index contributed by atoms with van der Waals surface area (Å²) in [6.07, 6.45) is 6.15. The molecule has 0 radical (unpaired) electrons. The van der Waals surface area contributed by atoms with Crippen LogP contribution in [0.2, 0.25) is 0 Å². The van der Waals surface area contributed by atoms with Crippen LogP contribution in [0.4, 0.5) is 0 Å². The van der Waals surface area contributed by atoms with Crippen molar-refractivity contribution in [3.63, 3.8) is 0 Å². The van der Waals surface area contributed by atoms with Gasteiger partial charge in [-0.1, -0.05) is 46.6 Å². The molecule has 1 saturated carbocycles. The molecule has 17 heavy (non-hydrogen) atoms. The Bertz CT molecular complexity index is 419. The van der Waals surface area contributed by atoms with Crippen LogP contribution < -0.4 is 5.32 Å². The molecule has 1 nitrogen and oxygen atoms in total. The van der Waals surface area contributed by atoms with Crippen LogP contribution in [-0.2, 0) is 0 Å². The Morgan fingerprint density at radius 2 is 2.24 bits per heavy atom. The lowest BCUT2D eigenvalue weighted by molar-refractivity contribution is 0.723. The summed E-state index contributed by atoms with van der Waals surface area (Å²) in [5.41, 5.74) is 4.09. The zero-order valence-electron chi connectivity index (χ0n) is 10.6. The van der Waals surface area contributed by atoms with Gasteiger partial charge in [0, 0.05) is 17.1 Å². The van der Waals surface area contributed by atoms with Crippen molar-refractivity contribution in [1.29, 1.82) is 0 Å². The normalized spacial score (nSPS) is 16.3. The summed E-state index contributed by atoms with van der Waals surface area (Å²) in [4.78, 5) is 0. The highest BCUT2D eigenvalue weighted by Crippen LogP contribution is 2.21. The van der Waals surface area contributed by atoms with E-state index >= 15 is 0 Å². The highest BCUT2D eigenvalue weighted by atomic mass is 79.9. The summed E-state index contributed by atoms with van der Waals surface area (Å²) in [5, 5.41) is 3.58. The molecule has 0 spiro atoms. The van der Waals surface area contributed by atoms with Gasteiger partial charge in [0.2, 0.25) is 0 Å². The van der Waals surface area contributed by atoms with Crippen LogP contribution >= 0.6 is 15.9 Å². The molecule has 0 unspecified atom stereocenters. The number of nitrogens with one attached hydrogen (secondary N) is 1. The Kier molecular flexibility index (Phi) is 4.41. The molecular formula is C15H20BrN. The van der Waals surface area contributed by atoms with Gasteiger partial charge in [-0.15, -0.1) is 0 Å². The maximum Gasteiger partial charge on any atom is 0.0204 e. The van der Waals surface area contributed by atoms with E-state index in [1.807, 2.05) is 0 Å². The Morgan fingerprint density at radius 3 is 2.82 bits per heavy atom. The van der Waals surface area contributed by atoms with Crippen LogP contribution in [0.1, 0.15) is 37.3 Å². The van der Waals surface area contributed by atoms with Crippen LogP contribution in [0.3, 0.4) is 0 Å². The molecule has 1 fully saturated rings. The minimum Gasteiger partial charge on any atom is -0.310 e. The van der Waals surface area contributed by atoms with Gasteiger partial charge in [-0.25, -0.2) is 0 Å².